The zero-order chi connectivity index (χ0) is 23.1. The molecule has 3 rings (SSSR count). The van der Waals surface area contributed by atoms with Crippen LogP contribution in [0.3, 0.4) is 0 Å². The predicted octanol–water partition coefficient (Wildman–Crippen LogP) is 6.46. The second-order valence-corrected chi connectivity index (χ2v) is 7.74. The minimum Gasteiger partial charge on any atom is -0.457 e. The van der Waals surface area contributed by atoms with Crippen LogP contribution in [0.4, 0.5) is 17.1 Å². The van der Waals surface area contributed by atoms with Gasteiger partial charge in [0.05, 0.1) is 0 Å². The molecule has 3 aromatic rings. The molecule has 0 aliphatic heterocycles. The molecular weight excluding hydrogens is 398 g/mol. The van der Waals surface area contributed by atoms with Gasteiger partial charge in [0, 0.05) is 29.1 Å². The van der Waals surface area contributed by atoms with E-state index in [2.05, 4.69) is 18.1 Å². The average molecular weight is 426 g/mol. The number of allylic oxidation sites excluding steroid dienone is 1. The summed E-state index contributed by atoms with van der Waals surface area (Å²) < 4.78 is 5.23. The van der Waals surface area contributed by atoms with Gasteiger partial charge in [-0.3, -0.25) is 4.79 Å². The van der Waals surface area contributed by atoms with Crippen molar-refractivity contribution in [1.82, 2.24) is 0 Å². The van der Waals surface area contributed by atoms with E-state index < -0.39 is 5.97 Å². The number of hydrogen-bond acceptors (Lipinski definition) is 4. The van der Waals surface area contributed by atoms with Crippen molar-refractivity contribution in [2.75, 3.05) is 4.90 Å². The number of Topliss-reactive ketones (excluding diaryl/α,β-unsaturated/α-hetero) is 1. The lowest BCUT2D eigenvalue weighted by Crippen LogP contribution is -2.10. The molecule has 0 spiro atoms. The van der Waals surface area contributed by atoms with Crippen LogP contribution in [0, 0.1) is 0 Å². The summed E-state index contributed by atoms with van der Waals surface area (Å²) in [5.41, 5.74) is 5.74. The van der Waals surface area contributed by atoms with Gasteiger partial charge in [0.1, 0.15) is 6.61 Å². The molecular formula is C28H27NO3. The third-order valence-corrected chi connectivity index (χ3v) is 4.96. The summed E-state index contributed by atoms with van der Waals surface area (Å²) >= 11 is 0. The van der Waals surface area contributed by atoms with E-state index in [1.165, 1.54) is 0 Å². The van der Waals surface area contributed by atoms with Crippen LogP contribution in [0.15, 0.2) is 103 Å². The van der Waals surface area contributed by atoms with E-state index in [0.29, 0.717) is 17.6 Å². The molecule has 0 atom stereocenters. The number of hydrogen-bond donors (Lipinski definition) is 0. The number of carbonyl (C=O) groups is 2. The first kappa shape index (κ1) is 22.8. The van der Waals surface area contributed by atoms with Crippen molar-refractivity contribution in [2.45, 2.75) is 26.9 Å². The van der Waals surface area contributed by atoms with E-state index >= 15 is 0 Å². The topological polar surface area (TPSA) is 46.6 Å². The molecule has 0 bridgehead atoms. The Morgan fingerprint density at radius 3 is 1.72 bits per heavy atom. The highest BCUT2D eigenvalue weighted by atomic mass is 16.5. The predicted molar refractivity (Wildman–Crippen MR) is 129 cm³/mol. The molecule has 0 saturated carbocycles. The maximum Gasteiger partial charge on any atom is 0.333 e. The number of benzene rings is 3. The number of para-hydroxylation sites is 1. The molecule has 0 unspecified atom stereocenters. The summed E-state index contributed by atoms with van der Waals surface area (Å²) in [6.07, 6.45) is 0.346. The normalized spacial score (nSPS) is 10.3. The molecule has 162 valence electrons. The van der Waals surface area contributed by atoms with Gasteiger partial charge in [-0.2, -0.15) is 0 Å². The van der Waals surface area contributed by atoms with Crippen LogP contribution in [-0.2, 0) is 27.4 Å². The first-order valence-corrected chi connectivity index (χ1v) is 10.4. The number of carbonyl (C=O) groups excluding carboxylic acids is 2. The molecule has 32 heavy (non-hydrogen) atoms. The Morgan fingerprint density at radius 2 is 1.22 bits per heavy atom. The SMILES string of the molecule is C=C(C)C(=O)Cc1ccc(N(c2ccccc2)c2ccc(COC(=O)C(=C)C)cc2)cc1. The first-order chi connectivity index (χ1) is 15.3. The number of rotatable bonds is 9. The van der Waals surface area contributed by atoms with Crippen molar-refractivity contribution in [3.05, 3.63) is 114 Å². The lowest BCUT2D eigenvalue weighted by Gasteiger charge is -2.25. The summed E-state index contributed by atoms with van der Waals surface area (Å²) in [6.45, 7) is 10.9. The molecule has 4 nitrogen and oxygen atoms in total. The van der Waals surface area contributed by atoms with E-state index in [0.717, 1.165) is 28.2 Å². The molecule has 0 heterocycles. The van der Waals surface area contributed by atoms with Gasteiger partial charge in [-0.25, -0.2) is 4.79 Å². The quantitative estimate of drug-likeness (QED) is 0.291. The fourth-order valence-electron chi connectivity index (χ4n) is 3.14. The van der Waals surface area contributed by atoms with E-state index in [1.54, 1.807) is 13.8 Å². The van der Waals surface area contributed by atoms with Crippen molar-refractivity contribution in [1.29, 1.82) is 0 Å². The molecule has 4 heteroatoms. The van der Waals surface area contributed by atoms with Crippen LogP contribution >= 0.6 is 0 Å². The molecule has 3 aromatic carbocycles. The summed E-state index contributed by atoms with van der Waals surface area (Å²) in [5, 5.41) is 0. The Morgan fingerprint density at radius 1 is 0.719 bits per heavy atom. The van der Waals surface area contributed by atoms with Gasteiger partial charge in [-0.1, -0.05) is 55.6 Å². The standard InChI is InChI=1S/C28H27NO3/c1-20(2)27(30)18-22-10-14-25(15-11-22)29(24-8-6-5-7-9-24)26-16-12-23(13-17-26)19-32-28(31)21(3)4/h5-17H,1,3,18-19H2,2,4H3. The monoisotopic (exact) mass is 425 g/mol. The Balaban J connectivity index is 1.86. The summed E-state index contributed by atoms with van der Waals surface area (Å²) in [5.74, 6) is -0.356. The minimum absolute atomic E-state index is 0.0422. The highest BCUT2D eigenvalue weighted by molar-refractivity contribution is 5.95. The van der Waals surface area contributed by atoms with Crippen molar-refractivity contribution in [2.24, 2.45) is 0 Å². The molecule has 0 aliphatic rings. The lowest BCUT2D eigenvalue weighted by atomic mass is 10.0. The summed E-state index contributed by atoms with van der Waals surface area (Å²) in [6, 6.07) is 25.9. The van der Waals surface area contributed by atoms with Crippen molar-refractivity contribution in [3.8, 4) is 0 Å². The van der Waals surface area contributed by atoms with Gasteiger partial charge in [0.25, 0.3) is 0 Å². The zero-order valence-electron chi connectivity index (χ0n) is 18.5. The summed E-state index contributed by atoms with van der Waals surface area (Å²) in [4.78, 5) is 25.8. The highest BCUT2D eigenvalue weighted by Crippen LogP contribution is 2.34. The van der Waals surface area contributed by atoms with Crippen LogP contribution in [0.1, 0.15) is 25.0 Å². The molecule has 0 aromatic heterocycles. The van der Waals surface area contributed by atoms with E-state index in [9.17, 15) is 9.59 Å². The van der Waals surface area contributed by atoms with Gasteiger partial charge in [0.15, 0.2) is 5.78 Å². The van der Waals surface area contributed by atoms with E-state index in [-0.39, 0.29) is 12.4 Å². The van der Waals surface area contributed by atoms with Crippen molar-refractivity contribution in [3.63, 3.8) is 0 Å². The second kappa shape index (κ2) is 10.4. The maximum absolute atomic E-state index is 12.0. The van der Waals surface area contributed by atoms with Gasteiger partial charge >= 0.3 is 5.97 Å². The number of anilines is 3. The molecule has 0 saturated heterocycles. The number of ketones is 1. The van der Waals surface area contributed by atoms with Gasteiger partial charge < -0.3 is 9.64 Å². The van der Waals surface area contributed by atoms with Gasteiger partial charge in [-0.05, 0) is 66.9 Å². The second-order valence-electron chi connectivity index (χ2n) is 7.74. The van der Waals surface area contributed by atoms with Crippen LogP contribution in [0.5, 0.6) is 0 Å². The Labute approximate surface area is 189 Å². The smallest absolute Gasteiger partial charge is 0.333 e. The van der Waals surface area contributed by atoms with E-state index in [1.807, 2.05) is 78.9 Å². The van der Waals surface area contributed by atoms with Crippen molar-refractivity contribution >= 4 is 28.8 Å². The Kier molecular flexibility index (Phi) is 7.40. The zero-order valence-corrected chi connectivity index (χ0v) is 18.5. The van der Waals surface area contributed by atoms with Gasteiger partial charge in [0.2, 0.25) is 0 Å². The third-order valence-electron chi connectivity index (χ3n) is 4.96. The Bertz CT molecular complexity index is 1110. The van der Waals surface area contributed by atoms with Crippen LogP contribution in [0.25, 0.3) is 0 Å². The summed E-state index contributed by atoms with van der Waals surface area (Å²) in [7, 11) is 0. The lowest BCUT2D eigenvalue weighted by molar-refractivity contribution is -0.140. The third kappa shape index (κ3) is 5.82. The van der Waals surface area contributed by atoms with Gasteiger partial charge in [-0.15, -0.1) is 0 Å². The largest absolute Gasteiger partial charge is 0.457 e. The maximum atomic E-state index is 12.0. The molecule has 0 N–H and O–H groups in total. The minimum atomic E-state index is -0.398. The van der Waals surface area contributed by atoms with Crippen LogP contribution in [0.2, 0.25) is 0 Å². The number of nitrogens with zero attached hydrogens (tertiary/aromatic N) is 1. The average Bonchev–Trinajstić information content (AvgIpc) is 2.80. The van der Waals surface area contributed by atoms with Crippen molar-refractivity contribution < 1.29 is 14.3 Å². The molecule has 0 fully saturated rings. The van der Waals surface area contributed by atoms with E-state index in [4.69, 9.17) is 4.74 Å². The first-order valence-electron chi connectivity index (χ1n) is 10.4. The van der Waals surface area contributed by atoms with Crippen LogP contribution in [-0.4, -0.2) is 11.8 Å². The Hall–Kier alpha value is -3.92. The molecule has 0 radical (unpaired) electrons. The highest BCUT2D eigenvalue weighted by Gasteiger charge is 2.13. The number of esters is 1. The molecule has 0 amide bonds. The fourth-order valence-corrected chi connectivity index (χ4v) is 3.14. The van der Waals surface area contributed by atoms with Crippen LogP contribution < -0.4 is 4.90 Å². The number of ether oxygens (including phenoxy) is 1. The molecule has 0 aliphatic carbocycles. The fraction of sp³-hybridized carbons (Fsp3) is 0.143.